The maximum atomic E-state index is 13.7. The molecule has 1 atom stereocenters. The minimum atomic E-state index is -0.270. The summed E-state index contributed by atoms with van der Waals surface area (Å²) in [5, 5.41) is 8.27. The van der Waals surface area contributed by atoms with Gasteiger partial charge in [-0.05, 0) is 62.0 Å². The van der Waals surface area contributed by atoms with Gasteiger partial charge in [-0.25, -0.2) is 0 Å². The van der Waals surface area contributed by atoms with Gasteiger partial charge in [0.15, 0.2) is 0 Å². The molecule has 6 heteroatoms. The van der Waals surface area contributed by atoms with Crippen LogP contribution in [0.1, 0.15) is 30.9 Å². The molecule has 2 aliphatic heterocycles. The van der Waals surface area contributed by atoms with Gasteiger partial charge in [0.05, 0.1) is 24.9 Å². The van der Waals surface area contributed by atoms with E-state index < -0.39 is 0 Å². The number of hydrogen-bond acceptors (Lipinski definition) is 4. The zero-order valence-electron chi connectivity index (χ0n) is 20.2. The monoisotopic (exact) mass is 460 g/mol. The largest absolute Gasteiger partial charge is 0.379 e. The first-order valence-electron chi connectivity index (χ1n) is 12.6. The van der Waals surface area contributed by atoms with Crippen molar-refractivity contribution < 1.29 is 9.53 Å². The Labute approximate surface area is 202 Å². The highest BCUT2D eigenvalue weighted by atomic mass is 16.5. The van der Waals surface area contributed by atoms with E-state index in [9.17, 15) is 4.79 Å². The topological polar surface area (TPSA) is 61.5 Å². The zero-order chi connectivity index (χ0) is 23.4. The van der Waals surface area contributed by atoms with Crippen LogP contribution >= 0.6 is 0 Å². The maximum Gasteiger partial charge on any atom is 0.228 e. The predicted molar refractivity (Wildman–Crippen MR) is 135 cm³/mol. The SMILES string of the molecule is CC1(C(=O)N2CCOC[C@@H](Cc3ccc4[nH]ncc4c3)C2)CCN(CCc2ccccc2)CC1. The van der Waals surface area contributed by atoms with E-state index in [0.29, 0.717) is 31.6 Å². The Hall–Kier alpha value is -2.70. The third-order valence-corrected chi connectivity index (χ3v) is 7.69. The molecule has 1 N–H and O–H groups in total. The molecular formula is C28H36N4O2. The minimum Gasteiger partial charge on any atom is -0.379 e. The number of aromatic amines is 1. The number of hydrogen-bond donors (Lipinski definition) is 1. The van der Waals surface area contributed by atoms with Crippen molar-refractivity contribution in [3.63, 3.8) is 0 Å². The lowest BCUT2D eigenvalue weighted by Gasteiger charge is -2.41. The van der Waals surface area contributed by atoms with E-state index in [2.05, 4.69) is 75.5 Å². The molecule has 0 bridgehead atoms. The van der Waals surface area contributed by atoms with Crippen LogP contribution in [0.5, 0.6) is 0 Å². The van der Waals surface area contributed by atoms with Gasteiger partial charge in [-0.2, -0.15) is 5.10 Å². The molecule has 1 aromatic heterocycles. The number of amides is 1. The second-order valence-corrected chi connectivity index (χ2v) is 10.3. The van der Waals surface area contributed by atoms with Crippen LogP contribution in [0.3, 0.4) is 0 Å². The molecule has 5 rings (SSSR count). The zero-order valence-corrected chi connectivity index (χ0v) is 20.2. The molecule has 2 aromatic carbocycles. The Balaban J connectivity index is 1.16. The number of ether oxygens (including phenoxy) is 1. The van der Waals surface area contributed by atoms with Gasteiger partial charge in [-0.15, -0.1) is 0 Å². The third kappa shape index (κ3) is 5.34. The van der Waals surface area contributed by atoms with Gasteiger partial charge in [0, 0.05) is 36.4 Å². The molecule has 0 radical (unpaired) electrons. The number of piperidine rings is 1. The summed E-state index contributed by atoms with van der Waals surface area (Å²) >= 11 is 0. The van der Waals surface area contributed by atoms with E-state index >= 15 is 0 Å². The predicted octanol–water partition coefficient (Wildman–Crippen LogP) is 3.93. The van der Waals surface area contributed by atoms with Gasteiger partial charge in [0.1, 0.15) is 0 Å². The van der Waals surface area contributed by atoms with Crippen LogP contribution in [0.25, 0.3) is 10.9 Å². The van der Waals surface area contributed by atoms with Crippen molar-refractivity contribution in [1.82, 2.24) is 20.0 Å². The van der Waals surface area contributed by atoms with Crippen LogP contribution in [-0.4, -0.2) is 71.8 Å². The van der Waals surface area contributed by atoms with E-state index in [0.717, 1.165) is 62.8 Å². The number of likely N-dealkylation sites (tertiary alicyclic amines) is 1. The third-order valence-electron chi connectivity index (χ3n) is 7.69. The second kappa shape index (κ2) is 10.3. The molecule has 34 heavy (non-hydrogen) atoms. The van der Waals surface area contributed by atoms with Gasteiger partial charge in [-0.1, -0.05) is 43.3 Å². The second-order valence-electron chi connectivity index (χ2n) is 10.3. The Kier molecular flexibility index (Phi) is 6.97. The number of fused-ring (bicyclic) bond motifs is 1. The molecule has 180 valence electrons. The number of aromatic nitrogens is 2. The summed E-state index contributed by atoms with van der Waals surface area (Å²) in [5.41, 5.74) is 3.44. The molecule has 0 unspecified atom stereocenters. The standard InChI is InChI=1S/C28H36N4O2/c1-28(10-13-31(14-11-28)12-9-22-5-3-2-4-6-22)27(33)32-15-16-34-21-24(20-32)17-23-7-8-26-25(18-23)19-29-30-26/h2-8,18-19,24H,9-17,20-21H2,1H3,(H,29,30)/t24-/m0/s1. The summed E-state index contributed by atoms with van der Waals surface area (Å²) in [4.78, 5) is 18.3. The number of nitrogens with one attached hydrogen (secondary N) is 1. The lowest BCUT2D eigenvalue weighted by molar-refractivity contribution is -0.144. The maximum absolute atomic E-state index is 13.7. The molecule has 3 aromatic rings. The molecule has 0 saturated carbocycles. The van der Waals surface area contributed by atoms with Crippen LogP contribution in [-0.2, 0) is 22.4 Å². The summed E-state index contributed by atoms with van der Waals surface area (Å²) in [6, 6.07) is 17.1. The number of benzene rings is 2. The molecular weight excluding hydrogens is 424 g/mol. The highest BCUT2D eigenvalue weighted by Gasteiger charge is 2.40. The highest BCUT2D eigenvalue weighted by Crippen LogP contribution is 2.34. The average Bonchev–Trinajstić information content (AvgIpc) is 3.21. The van der Waals surface area contributed by atoms with Gasteiger partial charge >= 0.3 is 0 Å². The summed E-state index contributed by atoms with van der Waals surface area (Å²) in [6.07, 6.45) is 5.71. The molecule has 2 saturated heterocycles. The van der Waals surface area contributed by atoms with Crippen molar-refractivity contribution >= 4 is 16.8 Å². The van der Waals surface area contributed by atoms with Crippen LogP contribution < -0.4 is 0 Å². The van der Waals surface area contributed by atoms with Gasteiger partial charge in [0.2, 0.25) is 5.91 Å². The van der Waals surface area contributed by atoms with Crippen LogP contribution in [0.2, 0.25) is 0 Å². The highest BCUT2D eigenvalue weighted by molar-refractivity contribution is 5.82. The fourth-order valence-electron chi connectivity index (χ4n) is 5.44. The van der Waals surface area contributed by atoms with Crippen molar-refractivity contribution in [3.05, 3.63) is 65.9 Å². The fraction of sp³-hybridized carbons (Fsp3) is 0.500. The molecule has 3 heterocycles. The number of carbonyl (C=O) groups excluding carboxylic acids is 1. The Bertz CT molecular complexity index is 1090. The normalized spacial score (nSPS) is 21.4. The van der Waals surface area contributed by atoms with Crippen molar-refractivity contribution in [2.75, 3.05) is 45.9 Å². The summed E-state index contributed by atoms with van der Waals surface area (Å²) in [6.45, 7) is 8.03. The van der Waals surface area contributed by atoms with Crippen LogP contribution in [0, 0.1) is 11.3 Å². The molecule has 0 spiro atoms. The molecule has 2 aliphatic rings. The Morgan fingerprint density at radius 2 is 1.94 bits per heavy atom. The van der Waals surface area contributed by atoms with E-state index in [-0.39, 0.29) is 5.41 Å². The molecule has 6 nitrogen and oxygen atoms in total. The lowest BCUT2D eigenvalue weighted by Crippen LogP contribution is -2.50. The molecule has 2 fully saturated rings. The van der Waals surface area contributed by atoms with Crippen molar-refractivity contribution in [2.45, 2.75) is 32.6 Å². The number of carbonyl (C=O) groups is 1. The summed E-state index contributed by atoms with van der Waals surface area (Å²) in [7, 11) is 0. The average molecular weight is 461 g/mol. The van der Waals surface area contributed by atoms with Gasteiger partial charge in [-0.3, -0.25) is 9.89 Å². The lowest BCUT2D eigenvalue weighted by atomic mass is 9.78. The fourth-order valence-corrected chi connectivity index (χ4v) is 5.44. The van der Waals surface area contributed by atoms with Gasteiger partial charge < -0.3 is 14.5 Å². The first-order valence-corrected chi connectivity index (χ1v) is 12.6. The van der Waals surface area contributed by atoms with Crippen molar-refractivity contribution in [1.29, 1.82) is 0 Å². The van der Waals surface area contributed by atoms with E-state index in [1.54, 1.807) is 0 Å². The number of rotatable bonds is 6. The summed E-state index contributed by atoms with van der Waals surface area (Å²) < 4.78 is 5.92. The van der Waals surface area contributed by atoms with Gasteiger partial charge in [0.25, 0.3) is 0 Å². The number of H-pyrrole nitrogens is 1. The number of nitrogens with zero attached hydrogens (tertiary/aromatic N) is 3. The minimum absolute atomic E-state index is 0.270. The van der Waals surface area contributed by atoms with Crippen molar-refractivity contribution in [3.8, 4) is 0 Å². The quantitative estimate of drug-likeness (QED) is 0.606. The molecule has 1 amide bonds. The van der Waals surface area contributed by atoms with E-state index in [4.69, 9.17) is 4.74 Å². The molecule has 0 aliphatic carbocycles. The first-order chi connectivity index (χ1) is 16.6. The van der Waals surface area contributed by atoms with Crippen LogP contribution in [0.15, 0.2) is 54.7 Å². The van der Waals surface area contributed by atoms with E-state index in [1.165, 1.54) is 11.1 Å². The van der Waals surface area contributed by atoms with E-state index in [1.807, 2.05) is 6.20 Å². The Morgan fingerprint density at radius 1 is 1.12 bits per heavy atom. The summed E-state index contributed by atoms with van der Waals surface area (Å²) in [5.74, 6) is 0.626. The Morgan fingerprint density at radius 3 is 2.76 bits per heavy atom. The van der Waals surface area contributed by atoms with Crippen molar-refractivity contribution in [2.24, 2.45) is 11.3 Å². The first kappa shape index (κ1) is 23.1. The smallest absolute Gasteiger partial charge is 0.228 e. The van der Waals surface area contributed by atoms with Crippen LogP contribution in [0.4, 0.5) is 0 Å².